The second kappa shape index (κ2) is 8.49. The topological polar surface area (TPSA) is 81.7 Å². The number of rotatable bonds is 6. The van der Waals surface area contributed by atoms with Crippen LogP contribution in [0, 0.1) is 0 Å². The van der Waals surface area contributed by atoms with Crippen molar-refractivity contribution in [3.8, 4) is 11.5 Å². The molecule has 7 heteroatoms. The molecule has 0 aliphatic heterocycles. The number of fused-ring (bicyclic) bond motifs is 1. The van der Waals surface area contributed by atoms with Gasteiger partial charge in [0.05, 0.1) is 18.4 Å². The fourth-order valence-corrected chi connectivity index (χ4v) is 4.12. The summed E-state index contributed by atoms with van der Waals surface area (Å²) < 4.78 is 36.3. The van der Waals surface area contributed by atoms with Gasteiger partial charge < -0.3 is 14.2 Å². The molecule has 0 bridgehead atoms. The summed E-state index contributed by atoms with van der Waals surface area (Å²) in [7, 11) is -2.63. The van der Waals surface area contributed by atoms with Crippen LogP contribution >= 0.6 is 0 Å². The summed E-state index contributed by atoms with van der Waals surface area (Å²) in [6.07, 6.45) is 0. The Morgan fingerprint density at radius 3 is 2.10 bits per heavy atom. The highest BCUT2D eigenvalue weighted by Crippen LogP contribution is 2.31. The van der Waals surface area contributed by atoms with Gasteiger partial charge in [0.15, 0.2) is 5.75 Å². The van der Waals surface area contributed by atoms with Crippen LogP contribution in [0.1, 0.15) is 10.4 Å². The van der Waals surface area contributed by atoms with Crippen molar-refractivity contribution < 1.29 is 22.1 Å². The second-order valence-corrected chi connectivity index (χ2v) is 8.25. The summed E-state index contributed by atoms with van der Waals surface area (Å²) in [5, 5.41) is 4.29. The summed E-state index contributed by atoms with van der Waals surface area (Å²) >= 11 is 0. The first-order chi connectivity index (χ1) is 15.0. The van der Waals surface area contributed by atoms with Crippen LogP contribution in [0.15, 0.2) is 95.9 Å². The van der Waals surface area contributed by atoms with E-state index in [1.165, 1.54) is 19.2 Å². The Morgan fingerprint density at radius 1 is 0.774 bits per heavy atom. The molecule has 156 valence electrons. The standard InChI is InChI=1S/C24H19NO5S/c1-29-22-14-8-7-13-21(22)25-24(26)20-15-17-9-5-6-10-18(17)16-23(20)30-31(27,28)19-11-3-2-4-12-19/h2-16H,1H3,(H,25,26). The zero-order valence-electron chi connectivity index (χ0n) is 16.6. The minimum Gasteiger partial charge on any atom is -0.495 e. The molecule has 0 aliphatic rings. The van der Waals surface area contributed by atoms with Gasteiger partial charge >= 0.3 is 10.1 Å². The van der Waals surface area contributed by atoms with Crippen LogP contribution in [0.3, 0.4) is 0 Å². The lowest BCUT2D eigenvalue weighted by atomic mass is 10.1. The minimum absolute atomic E-state index is 0.000699. The molecule has 4 aromatic rings. The highest BCUT2D eigenvalue weighted by molar-refractivity contribution is 7.87. The van der Waals surface area contributed by atoms with E-state index in [2.05, 4.69) is 5.32 Å². The monoisotopic (exact) mass is 433 g/mol. The number of hydrogen-bond donors (Lipinski definition) is 1. The predicted molar refractivity (Wildman–Crippen MR) is 119 cm³/mol. The van der Waals surface area contributed by atoms with Crippen LogP contribution in [0.4, 0.5) is 5.69 Å². The number of carbonyl (C=O) groups excluding carboxylic acids is 1. The molecule has 6 nitrogen and oxygen atoms in total. The molecular weight excluding hydrogens is 414 g/mol. The maximum absolute atomic E-state index is 13.1. The predicted octanol–water partition coefficient (Wildman–Crippen LogP) is 4.87. The molecule has 0 saturated heterocycles. The maximum Gasteiger partial charge on any atom is 0.339 e. The quantitative estimate of drug-likeness (QED) is 0.439. The third-order valence-electron chi connectivity index (χ3n) is 4.68. The molecule has 31 heavy (non-hydrogen) atoms. The Bertz CT molecular complexity index is 1350. The molecular formula is C24H19NO5S. The van der Waals surface area contributed by atoms with Crippen LogP contribution in [-0.2, 0) is 10.1 Å². The number of methoxy groups -OCH3 is 1. The molecule has 0 heterocycles. The van der Waals surface area contributed by atoms with Gasteiger partial charge in [0.2, 0.25) is 0 Å². The largest absolute Gasteiger partial charge is 0.495 e. The summed E-state index contributed by atoms with van der Waals surface area (Å²) in [4.78, 5) is 13.1. The van der Waals surface area contributed by atoms with Crippen LogP contribution in [0.25, 0.3) is 10.8 Å². The SMILES string of the molecule is COc1ccccc1NC(=O)c1cc2ccccc2cc1OS(=O)(=O)c1ccccc1. The van der Waals surface area contributed by atoms with Crippen molar-refractivity contribution in [2.45, 2.75) is 4.90 Å². The number of benzene rings is 4. The third kappa shape index (κ3) is 4.36. The number of carbonyl (C=O) groups is 1. The molecule has 1 amide bonds. The Hall–Kier alpha value is -3.84. The molecule has 0 atom stereocenters. The molecule has 0 fully saturated rings. The van der Waals surface area contributed by atoms with Crippen LogP contribution in [-0.4, -0.2) is 21.4 Å². The van der Waals surface area contributed by atoms with Crippen molar-refractivity contribution in [3.05, 3.63) is 96.6 Å². The van der Waals surface area contributed by atoms with Gasteiger partial charge in [-0.3, -0.25) is 4.79 Å². The molecule has 0 aliphatic carbocycles. The lowest BCUT2D eigenvalue weighted by Gasteiger charge is -2.14. The molecule has 0 saturated carbocycles. The number of anilines is 1. The van der Waals surface area contributed by atoms with Crippen molar-refractivity contribution >= 4 is 32.5 Å². The normalized spacial score (nSPS) is 11.1. The van der Waals surface area contributed by atoms with Gasteiger partial charge in [-0.25, -0.2) is 0 Å². The number of amides is 1. The van der Waals surface area contributed by atoms with Gasteiger partial charge in [-0.2, -0.15) is 8.42 Å². The average molecular weight is 433 g/mol. The summed E-state index contributed by atoms with van der Waals surface area (Å²) in [6.45, 7) is 0. The van der Waals surface area contributed by atoms with E-state index < -0.39 is 16.0 Å². The number of ether oxygens (including phenoxy) is 1. The van der Waals surface area contributed by atoms with E-state index in [1.807, 2.05) is 24.3 Å². The zero-order chi connectivity index (χ0) is 21.8. The molecule has 0 spiro atoms. The fraction of sp³-hybridized carbons (Fsp3) is 0.0417. The number of para-hydroxylation sites is 2. The highest BCUT2D eigenvalue weighted by atomic mass is 32.2. The number of hydrogen-bond acceptors (Lipinski definition) is 5. The maximum atomic E-state index is 13.1. The van der Waals surface area contributed by atoms with Crippen molar-refractivity contribution in [2.75, 3.05) is 12.4 Å². The summed E-state index contributed by atoms with van der Waals surface area (Å²) in [6, 6.07) is 25.2. The van der Waals surface area contributed by atoms with Gasteiger partial charge in [-0.1, -0.05) is 54.6 Å². The Morgan fingerprint density at radius 2 is 1.39 bits per heavy atom. The highest BCUT2D eigenvalue weighted by Gasteiger charge is 2.22. The lowest BCUT2D eigenvalue weighted by molar-refractivity contribution is 0.102. The van der Waals surface area contributed by atoms with E-state index in [9.17, 15) is 13.2 Å². The van der Waals surface area contributed by atoms with Crippen LogP contribution < -0.4 is 14.2 Å². The molecule has 4 rings (SSSR count). The van der Waals surface area contributed by atoms with Crippen molar-refractivity contribution in [1.29, 1.82) is 0 Å². The second-order valence-electron chi connectivity index (χ2n) is 6.70. The molecule has 0 aromatic heterocycles. The fourth-order valence-electron chi connectivity index (χ4n) is 3.16. The van der Waals surface area contributed by atoms with Crippen molar-refractivity contribution in [2.24, 2.45) is 0 Å². The van der Waals surface area contributed by atoms with Crippen LogP contribution in [0.5, 0.6) is 11.5 Å². The molecule has 0 radical (unpaired) electrons. The van der Waals surface area contributed by atoms with E-state index in [4.69, 9.17) is 8.92 Å². The number of nitrogens with one attached hydrogen (secondary N) is 1. The van der Waals surface area contributed by atoms with Gasteiger partial charge in [0, 0.05) is 0 Å². The van der Waals surface area contributed by atoms with E-state index in [0.29, 0.717) is 11.4 Å². The molecule has 0 unspecified atom stereocenters. The van der Waals surface area contributed by atoms with E-state index in [1.54, 1.807) is 54.6 Å². The van der Waals surface area contributed by atoms with Gasteiger partial charge in [-0.05, 0) is 47.2 Å². The van der Waals surface area contributed by atoms with Gasteiger partial charge in [0.1, 0.15) is 10.6 Å². The van der Waals surface area contributed by atoms with E-state index in [-0.39, 0.29) is 16.2 Å². The summed E-state index contributed by atoms with van der Waals surface area (Å²) in [5.41, 5.74) is 0.545. The van der Waals surface area contributed by atoms with Crippen molar-refractivity contribution in [3.63, 3.8) is 0 Å². The van der Waals surface area contributed by atoms with E-state index in [0.717, 1.165) is 10.8 Å². The minimum atomic E-state index is -4.13. The Labute approximate surface area is 180 Å². The third-order valence-corrected chi connectivity index (χ3v) is 5.93. The van der Waals surface area contributed by atoms with Gasteiger partial charge in [-0.15, -0.1) is 0 Å². The first-order valence-corrected chi connectivity index (χ1v) is 10.9. The first-order valence-electron chi connectivity index (χ1n) is 9.44. The Kier molecular flexibility index (Phi) is 5.60. The molecule has 4 aromatic carbocycles. The van der Waals surface area contributed by atoms with Gasteiger partial charge in [0.25, 0.3) is 5.91 Å². The van der Waals surface area contributed by atoms with E-state index >= 15 is 0 Å². The van der Waals surface area contributed by atoms with Crippen LogP contribution in [0.2, 0.25) is 0 Å². The lowest BCUT2D eigenvalue weighted by Crippen LogP contribution is -2.17. The zero-order valence-corrected chi connectivity index (χ0v) is 17.4. The first kappa shape index (κ1) is 20.4. The average Bonchev–Trinajstić information content (AvgIpc) is 2.79. The van der Waals surface area contributed by atoms with Crippen molar-refractivity contribution in [1.82, 2.24) is 0 Å². The Balaban J connectivity index is 1.77. The summed E-state index contributed by atoms with van der Waals surface area (Å²) in [5.74, 6) is -0.0977. The molecule has 1 N–H and O–H groups in total. The smallest absolute Gasteiger partial charge is 0.339 e.